The van der Waals surface area contributed by atoms with Crippen molar-refractivity contribution in [2.45, 2.75) is 12.8 Å². The number of anilines is 2. The van der Waals surface area contributed by atoms with Crippen LogP contribution < -0.4 is 11.1 Å². The molecule has 0 spiro atoms. The number of rotatable bonds is 5. The monoisotopic (exact) mass is 374 g/mol. The summed E-state index contributed by atoms with van der Waals surface area (Å²) < 4.78 is 5.33. The third kappa shape index (κ3) is 3.88. The van der Waals surface area contributed by atoms with Crippen LogP contribution in [0.4, 0.5) is 11.5 Å². The van der Waals surface area contributed by atoms with Crippen LogP contribution >= 0.6 is 0 Å². The average Bonchev–Trinajstić information content (AvgIpc) is 3.35. The smallest absolute Gasteiger partial charge is 0.208 e. The zero-order chi connectivity index (χ0) is 19.3. The normalized spacial score (nSPS) is 10.6. The summed E-state index contributed by atoms with van der Waals surface area (Å²) in [4.78, 5) is 16.0. The molecular weight excluding hydrogens is 356 g/mol. The number of hydrogen-bond donors (Lipinski definition) is 4. The Kier molecular flexibility index (Phi) is 4.80. The number of hydrogen-bond acceptors (Lipinski definition) is 7. The molecule has 4 rings (SSSR count). The maximum atomic E-state index is 9.26. The van der Waals surface area contributed by atoms with Gasteiger partial charge in [0.15, 0.2) is 28.6 Å². The van der Waals surface area contributed by atoms with Crippen LogP contribution in [0.25, 0.3) is 22.7 Å². The van der Waals surface area contributed by atoms with Gasteiger partial charge in [0, 0.05) is 18.7 Å². The lowest BCUT2D eigenvalue weighted by Gasteiger charge is -2.04. The molecule has 0 saturated heterocycles. The highest BCUT2D eigenvalue weighted by molar-refractivity contribution is 5.84. The SMILES string of the molecule is Nc1nc(C#CCCCNc2ccc(O)cc2)nc2[nH]c(-c3ccco3)nc12. The van der Waals surface area contributed by atoms with Gasteiger partial charge in [-0.05, 0) is 48.7 Å². The number of fused-ring (bicyclic) bond motifs is 1. The number of nitrogens with two attached hydrogens (primary N) is 1. The maximum Gasteiger partial charge on any atom is 0.208 e. The van der Waals surface area contributed by atoms with Gasteiger partial charge in [-0.1, -0.05) is 5.92 Å². The number of benzene rings is 1. The molecule has 3 heterocycles. The molecule has 0 unspecified atom stereocenters. The topological polar surface area (TPSA) is 126 Å². The molecule has 5 N–H and O–H groups in total. The van der Waals surface area contributed by atoms with Gasteiger partial charge in [-0.15, -0.1) is 0 Å². The lowest BCUT2D eigenvalue weighted by atomic mass is 10.2. The molecule has 8 heteroatoms. The molecule has 4 aromatic rings. The molecule has 0 aliphatic rings. The average molecular weight is 374 g/mol. The Morgan fingerprint density at radius 3 is 2.79 bits per heavy atom. The highest BCUT2D eigenvalue weighted by Gasteiger charge is 2.12. The largest absolute Gasteiger partial charge is 0.508 e. The molecule has 3 aromatic heterocycles. The number of nitrogens with zero attached hydrogens (tertiary/aromatic N) is 3. The number of aromatic hydroxyl groups is 1. The second kappa shape index (κ2) is 7.72. The van der Waals surface area contributed by atoms with E-state index in [1.807, 2.05) is 12.1 Å². The van der Waals surface area contributed by atoms with Crippen LogP contribution in [0.3, 0.4) is 0 Å². The van der Waals surface area contributed by atoms with Crippen molar-refractivity contribution in [1.82, 2.24) is 19.9 Å². The van der Waals surface area contributed by atoms with Gasteiger partial charge in [0.05, 0.1) is 6.26 Å². The maximum absolute atomic E-state index is 9.26. The fourth-order valence-corrected chi connectivity index (χ4v) is 2.64. The highest BCUT2D eigenvalue weighted by atomic mass is 16.3. The van der Waals surface area contributed by atoms with Gasteiger partial charge in [0.2, 0.25) is 5.82 Å². The summed E-state index contributed by atoms with van der Waals surface area (Å²) in [5, 5.41) is 12.5. The van der Waals surface area contributed by atoms with E-state index in [9.17, 15) is 5.11 Å². The number of nitrogens with one attached hydrogen (secondary N) is 2. The molecule has 0 saturated carbocycles. The Bertz CT molecular complexity index is 1140. The lowest BCUT2D eigenvalue weighted by Crippen LogP contribution is -2.00. The number of unbranched alkanes of at least 4 members (excludes halogenated alkanes) is 1. The number of furan rings is 1. The summed E-state index contributed by atoms with van der Waals surface area (Å²) in [5.41, 5.74) is 7.97. The van der Waals surface area contributed by atoms with Crippen molar-refractivity contribution >= 4 is 22.7 Å². The second-order valence-corrected chi connectivity index (χ2v) is 6.07. The molecule has 140 valence electrons. The number of imidazole rings is 1. The van der Waals surface area contributed by atoms with E-state index in [1.54, 1.807) is 30.5 Å². The molecular formula is C20H18N6O2. The molecule has 0 atom stereocenters. The first-order valence-electron chi connectivity index (χ1n) is 8.78. The van der Waals surface area contributed by atoms with Gasteiger partial charge in [0.25, 0.3) is 0 Å². The lowest BCUT2D eigenvalue weighted by molar-refractivity contribution is 0.475. The number of phenols is 1. The van der Waals surface area contributed by atoms with E-state index in [1.165, 1.54) is 0 Å². The van der Waals surface area contributed by atoms with Crippen molar-refractivity contribution in [3.05, 3.63) is 48.5 Å². The van der Waals surface area contributed by atoms with Crippen molar-refractivity contribution < 1.29 is 9.52 Å². The molecule has 8 nitrogen and oxygen atoms in total. The second-order valence-electron chi connectivity index (χ2n) is 6.07. The van der Waals surface area contributed by atoms with Gasteiger partial charge in [-0.2, -0.15) is 0 Å². The van der Waals surface area contributed by atoms with Crippen molar-refractivity contribution in [3.8, 4) is 29.2 Å². The quantitative estimate of drug-likeness (QED) is 0.240. The summed E-state index contributed by atoms with van der Waals surface area (Å²) in [7, 11) is 0. The van der Waals surface area contributed by atoms with E-state index >= 15 is 0 Å². The minimum atomic E-state index is 0.251. The molecule has 0 aliphatic heterocycles. The van der Waals surface area contributed by atoms with Gasteiger partial charge < -0.3 is 25.6 Å². The predicted molar refractivity (Wildman–Crippen MR) is 107 cm³/mol. The van der Waals surface area contributed by atoms with Crippen LogP contribution in [-0.4, -0.2) is 31.6 Å². The van der Waals surface area contributed by atoms with Crippen LogP contribution in [0.5, 0.6) is 5.75 Å². The van der Waals surface area contributed by atoms with Crippen LogP contribution in [-0.2, 0) is 0 Å². The Hall–Kier alpha value is -3.99. The Balaban J connectivity index is 1.37. The van der Waals surface area contributed by atoms with Gasteiger partial charge in [-0.25, -0.2) is 15.0 Å². The summed E-state index contributed by atoms with van der Waals surface area (Å²) in [6, 6.07) is 10.5. The summed E-state index contributed by atoms with van der Waals surface area (Å²) >= 11 is 0. The Morgan fingerprint density at radius 2 is 2.00 bits per heavy atom. The zero-order valence-corrected chi connectivity index (χ0v) is 14.9. The predicted octanol–water partition coefficient (Wildman–Crippen LogP) is 3.14. The van der Waals surface area contributed by atoms with Crippen LogP contribution in [0.2, 0.25) is 0 Å². The Morgan fingerprint density at radius 1 is 1.14 bits per heavy atom. The standard InChI is InChI=1S/C20H18N6O2/c21-18-17-20(26-19(25-17)15-5-4-12-28-15)24-16(23-18)6-2-1-3-11-22-13-7-9-14(27)10-8-13/h4-5,7-10,12,22,27H,1,3,11H2,(H3,21,23,24,25,26). The van der Waals surface area contributed by atoms with Gasteiger partial charge >= 0.3 is 0 Å². The first kappa shape index (κ1) is 17.4. The summed E-state index contributed by atoms with van der Waals surface area (Å²) in [6.45, 7) is 0.772. The minimum absolute atomic E-state index is 0.251. The molecule has 0 bridgehead atoms. The van der Waals surface area contributed by atoms with Gasteiger partial charge in [-0.3, -0.25) is 0 Å². The van der Waals surface area contributed by atoms with Crippen LogP contribution in [0.1, 0.15) is 18.7 Å². The van der Waals surface area contributed by atoms with E-state index in [2.05, 4.69) is 37.1 Å². The van der Waals surface area contributed by atoms with Crippen molar-refractivity contribution in [3.63, 3.8) is 0 Å². The number of aromatic amines is 1. The minimum Gasteiger partial charge on any atom is -0.508 e. The van der Waals surface area contributed by atoms with Crippen LogP contribution in [0.15, 0.2) is 47.1 Å². The first-order chi connectivity index (χ1) is 13.7. The zero-order valence-electron chi connectivity index (χ0n) is 14.9. The van der Waals surface area contributed by atoms with Crippen molar-refractivity contribution in [2.75, 3.05) is 17.6 Å². The third-order valence-electron chi connectivity index (χ3n) is 4.00. The van der Waals surface area contributed by atoms with E-state index < -0.39 is 0 Å². The molecule has 0 fully saturated rings. The molecule has 0 amide bonds. The molecule has 1 aromatic carbocycles. The van der Waals surface area contributed by atoms with Crippen molar-refractivity contribution in [1.29, 1.82) is 0 Å². The third-order valence-corrected chi connectivity index (χ3v) is 4.00. The number of nitrogen functional groups attached to an aromatic ring is 1. The van der Waals surface area contributed by atoms with Crippen molar-refractivity contribution in [2.24, 2.45) is 0 Å². The highest BCUT2D eigenvalue weighted by Crippen LogP contribution is 2.22. The summed E-state index contributed by atoms with van der Waals surface area (Å²) in [5.74, 6) is 8.03. The number of aromatic nitrogens is 4. The Labute approximate surface area is 160 Å². The van der Waals surface area contributed by atoms with E-state index in [0.29, 0.717) is 35.0 Å². The van der Waals surface area contributed by atoms with Crippen LogP contribution in [0, 0.1) is 11.8 Å². The fourth-order valence-electron chi connectivity index (χ4n) is 2.64. The number of H-pyrrole nitrogens is 1. The number of phenolic OH excluding ortho intramolecular Hbond substituents is 1. The summed E-state index contributed by atoms with van der Waals surface area (Å²) in [6.07, 6.45) is 3.12. The van der Waals surface area contributed by atoms with E-state index in [4.69, 9.17) is 10.2 Å². The molecule has 0 radical (unpaired) electrons. The van der Waals surface area contributed by atoms with Gasteiger partial charge in [0.1, 0.15) is 5.75 Å². The fraction of sp³-hybridized carbons (Fsp3) is 0.150. The van der Waals surface area contributed by atoms with E-state index in [0.717, 1.165) is 18.7 Å². The van der Waals surface area contributed by atoms with E-state index in [-0.39, 0.29) is 11.6 Å². The first-order valence-corrected chi connectivity index (χ1v) is 8.78. The molecule has 0 aliphatic carbocycles. The molecule has 28 heavy (non-hydrogen) atoms.